The molecule has 1 aliphatic rings. The molecular weight excluding hydrogens is 350 g/mol. The zero-order valence-electron chi connectivity index (χ0n) is 14.7. The van der Waals surface area contributed by atoms with Crippen molar-refractivity contribution < 1.29 is 9.59 Å². The first kappa shape index (κ1) is 18.4. The molecule has 0 radical (unpaired) electrons. The van der Waals surface area contributed by atoms with Crippen LogP contribution in [-0.2, 0) is 4.79 Å². The number of benzene rings is 2. The Morgan fingerprint density at radius 1 is 0.962 bits per heavy atom. The van der Waals surface area contributed by atoms with Gasteiger partial charge < -0.3 is 15.1 Å². The molecule has 0 unspecified atom stereocenters. The highest BCUT2D eigenvalue weighted by Crippen LogP contribution is 2.18. The summed E-state index contributed by atoms with van der Waals surface area (Å²) in [6, 6.07) is 15.3. The lowest BCUT2D eigenvalue weighted by molar-refractivity contribution is -0.135. The molecule has 2 amide bonds. The summed E-state index contributed by atoms with van der Waals surface area (Å²) in [4.78, 5) is 29.8. The average molecular weight is 372 g/mol. The minimum absolute atomic E-state index is 0.0772. The van der Waals surface area contributed by atoms with Gasteiger partial charge in [0.15, 0.2) is 0 Å². The van der Waals surface area contributed by atoms with Gasteiger partial charge in [-0.15, -0.1) is 0 Å². The van der Waals surface area contributed by atoms with E-state index in [1.807, 2.05) is 42.3 Å². The van der Waals surface area contributed by atoms with Crippen LogP contribution in [0.2, 0.25) is 5.02 Å². The Labute approximate surface area is 158 Å². The van der Waals surface area contributed by atoms with Crippen LogP contribution in [0.15, 0.2) is 54.6 Å². The topological polar surface area (TPSA) is 52.6 Å². The van der Waals surface area contributed by atoms with Crippen LogP contribution in [0.25, 0.3) is 0 Å². The van der Waals surface area contributed by atoms with Crippen molar-refractivity contribution in [3.05, 3.63) is 70.7 Å². The van der Waals surface area contributed by atoms with Crippen molar-refractivity contribution >= 4 is 23.4 Å². The van der Waals surface area contributed by atoms with Crippen molar-refractivity contribution in [2.75, 3.05) is 33.2 Å². The normalized spacial score (nSPS) is 16.2. The van der Waals surface area contributed by atoms with E-state index in [2.05, 4.69) is 10.2 Å². The van der Waals surface area contributed by atoms with Crippen molar-refractivity contribution in [1.29, 1.82) is 0 Å². The fourth-order valence-corrected chi connectivity index (χ4v) is 3.08. The molecule has 1 heterocycles. The third kappa shape index (κ3) is 4.42. The van der Waals surface area contributed by atoms with Crippen molar-refractivity contribution in [1.82, 2.24) is 15.1 Å². The number of hydrogen-bond donors (Lipinski definition) is 1. The van der Waals surface area contributed by atoms with Gasteiger partial charge in [-0.05, 0) is 36.9 Å². The SMILES string of the molecule is CN1CCN(C(=O)[C@@H](NC(=O)c2ccc(Cl)cc2)c2ccccc2)CC1. The van der Waals surface area contributed by atoms with Gasteiger partial charge in [-0.1, -0.05) is 41.9 Å². The molecule has 6 heteroatoms. The number of carbonyl (C=O) groups excluding carboxylic acids is 2. The Morgan fingerprint density at radius 2 is 1.58 bits per heavy atom. The molecule has 0 spiro atoms. The van der Waals surface area contributed by atoms with E-state index in [-0.39, 0.29) is 11.8 Å². The van der Waals surface area contributed by atoms with Gasteiger partial charge in [0.25, 0.3) is 5.91 Å². The molecule has 0 aliphatic carbocycles. The Kier molecular flexibility index (Phi) is 5.91. The van der Waals surface area contributed by atoms with Crippen molar-refractivity contribution in [3.63, 3.8) is 0 Å². The van der Waals surface area contributed by atoms with Gasteiger partial charge in [0, 0.05) is 36.8 Å². The number of nitrogens with one attached hydrogen (secondary N) is 1. The van der Waals surface area contributed by atoms with Crippen LogP contribution in [0.5, 0.6) is 0 Å². The van der Waals surface area contributed by atoms with Crippen LogP contribution in [0.1, 0.15) is 22.0 Å². The Balaban J connectivity index is 1.80. The standard InChI is InChI=1S/C20H22ClN3O2/c1-23-11-13-24(14-12-23)20(26)18(15-5-3-2-4-6-15)22-19(25)16-7-9-17(21)10-8-16/h2-10,18H,11-14H2,1H3,(H,22,25)/t18-/m0/s1. The summed E-state index contributed by atoms with van der Waals surface area (Å²) in [6.45, 7) is 2.99. The van der Waals surface area contributed by atoms with Crippen LogP contribution < -0.4 is 5.32 Å². The summed E-state index contributed by atoms with van der Waals surface area (Å²) in [6.07, 6.45) is 0. The molecule has 136 valence electrons. The van der Waals surface area contributed by atoms with Gasteiger partial charge >= 0.3 is 0 Å². The summed E-state index contributed by atoms with van der Waals surface area (Å²) in [5, 5.41) is 3.46. The van der Waals surface area contributed by atoms with E-state index in [9.17, 15) is 9.59 Å². The number of piperazine rings is 1. The van der Waals surface area contributed by atoms with Gasteiger partial charge in [0.05, 0.1) is 0 Å². The number of amides is 2. The second kappa shape index (κ2) is 8.34. The van der Waals surface area contributed by atoms with Crippen LogP contribution in [-0.4, -0.2) is 54.8 Å². The molecule has 5 nitrogen and oxygen atoms in total. The first-order chi connectivity index (χ1) is 12.5. The Hall–Kier alpha value is -2.37. The minimum atomic E-state index is -0.706. The number of halogens is 1. The Morgan fingerprint density at radius 3 is 2.19 bits per heavy atom. The summed E-state index contributed by atoms with van der Waals surface area (Å²) >= 11 is 5.89. The molecule has 2 aromatic rings. The Bertz CT molecular complexity index is 756. The molecule has 26 heavy (non-hydrogen) atoms. The van der Waals surface area contributed by atoms with Crippen LogP contribution >= 0.6 is 11.6 Å². The molecule has 3 rings (SSSR count). The first-order valence-corrected chi connectivity index (χ1v) is 9.01. The molecule has 0 saturated carbocycles. The van der Waals surface area contributed by atoms with Gasteiger partial charge in [-0.3, -0.25) is 9.59 Å². The highest BCUT2D eigenvalue weighted by molar-refractivity contribution is 6.30. The molecule has 1 atom stereocenters. The van der Waals surface area contributed by atoms with E-state index >= 15 is 0 Å². The molecule has 1 N–H and O–H groups in total. The van der Waals surface area contributed by atoms with E-state index < -0.39 is 6.04 Å². The highest BCUT2D eigenvalue weighted by atomic mass is 35.5. The summed E-state index contributed by atoms with van der Waals surface area (Å²) in [5.41, 5.74) is 1.25. The maximum atomic E-state index is 13.1. The molecular formula is C20H22ClN3O2. The summed E-state index contributed by atoms with van der Waals surface area (Å²) < 4.78 is 0. The second-order valence-corrected chi connectivity index (χ2v) is 6.89. The van der Waals surface area contributed by atoms with Crippen LogP contribution in [0.4, 0.5) is 0 Å². The van der Waals surface area contributed by atoms with E-state index in [0.29, 0.717) is 23.7 Å². The fraction of sp³-hybridized carbons (Fsp3) is 0.300. The summed E-state index contributed by atoms with van der Waals surface area (Å²) in [7, 11) is 2.04. The highest BCUT2D eigenvalue weighted by Gasteiger charge is 2.29. The minimum Gasteiger partial charge on any atom is -0.338 e. The molecule has 0 aromatic heterocycles. The number of hydrogen-bond acceptors (Lipinski definition) is 3. The molecule has 0 bridgehead atoms. The number of likely N-dealkylation sites (N-methyl/N-ethyl adjacent to an activating group) is 1. The van der Waals surface area contributed by atoms with Crippen LogP contribution in [0.3, 0.4) is 0 Å². The quantitative estimate of drug-likeness (QED) is 0.898. The van der Waals surface area contributed by atoms with Gasteiger partial charge in [-0.2, -0.15) is 0 Å². The number of carbonyl (C=O) groups is 2. The van der Waals surface area contributed by atoms with Gasteiger partial charge in [0.1, 0.15) is 6.04 Å². The molecule has 1 saturated heterocycles. The maximum Gasteiger partial charge on any atom is 0.252 e. The van der Waals surface area contributed by atoms with E-state index in [4.69, 9.17) is 11.6 Å². The largest absolute Gasteiger partial charge is 0.338 e. The van der Waals surface area contributed by atoms with Gasteiger partial charge in [0.2, 0.25) is 5.91 Å². The fourth-order valence-electron chi connectivity index (χ4n) is 2.96. The van der Waals surface area contributed by atoms with E-state index in [1.54, 1.807) is 24.3 Å². The second-order valence-electron chi connectivity index (χ2n) is 6.45. The zero-order chi connectivity index (χ0) is 18.5. The summed E-state index contributed by atoms with van der Waals surface area (Å²) in [5.74, 6) is -0.371. The maximum absolute atomic E-state index is 13.1. The smallest absolute Gasteiger partial charge is 0.252 e. The lowest BCUT2D eigenvalue weighted by atomic mass is 10.0. The predicted octanol–water partition coefficient (Wildman–Crippen LogP) is 2.59. The number of rotatable bonds is 4. The molecule has 1 fully saturated rings. The predicted molar refractivity (Wildman–Crippen MR) is 102 cm³/mol. The van der Waals surface area contributed by atoms with E-state index in [1.165, 1.54) is 0 Å². The zero-order valence-corrected chi connectivity index (χ0v) is 15.4. The number of nitrogens with zero attached hydrogens (tertiary/aromatic N) is 2. The third-order valence-electron chi connectivity index (χ3n) is 4.58. The van der Waals surface area contributed by atoms with Crippen molar-refractivity contribution in [2.45, 2.75) is 6.04 Å². The lowest BCUT2D eigenvalue weighted by Gasteiger charge is -2.35. The first-order valence-electron chi connectivity index (χ1n) is 8.63. The third-order valence-corrected chi connectivity index (χ3v) is 4.83. The lowest BCUT2D eigenvalue weighted by Crippen LogP contribution is -2.51. The van der Waals surface area contributed by atoms with E-state index in [0.717, 1.165) is 18.7 Å². The van der Waals surface area contributed by atoms with Crippen molar-refractivity contribution in [3.8, 4) is 0 Å². The monoisotopic (exact) mass is 371 g/mol. The van der Waals surface area contributed by atoms with Gasteiger partial charge in [-0.25, -0.2) is 0 Å². The van der Waals surface area contributed by atoms with Crippen molar-refractivity contribution in [2.24, 2.45) is 0 Å². The van der Waals surface area contributed by atoms with Crippen LogP contribution in [0, 0.1) is 0 Å². The average Bonchev–Trinajstić information content (AvgIpc) is 2.67. The molecule has 1 aliphatic heterocycles. The molecule has 2 aromatic carbocycles.